The molecule has 1 aromatic carbocycles. The van der Waals surface area contributed by atoms with E-state index in [9.17, 15) is 9.18 Å². The van der Waals surface area contributed by atoms with Crippen molar-refractivity contribution in [1.82, 2.24) is 19.7 Å². The second-order valence-corrected chi connectivity index (χ2v) is 5.21. The molecule has 0 N–H and O–H groups in total. The van der Waals surface area contributed by atoms with Crippen LogP contribution in [-0.2, 0) is 13.1 Å². The number of rotatable bonds is 1. The molecule has 0 atom stereocenters. The second-order valence-electron chi connectivity index (χ2n) is 4.29. The highest BCUT2D eigenvalue weighted by Crippen LogP contribution is 2.19. The van der Waals surface area contributed by atoms with E-state index in [1.165, 1.54) is 12.1 Å². The van der Waals surface area contributed by atoms with Crippen LogP contribution in [0.5, 0.6) is 0 Å². The van der Waals surface area contributed by atoms with Gasteiger partial charge in [-0.05, 0) is 18.2 Å². The van der Waals surface area contributed by atoms with Gasteiger partial charge in [0, 0.05) is 17.6 Å². The highest BCUT2D eigenvalue weighted by Gasteiger charge is 2.24. The highest BCUT2D eigenvalue weighted by molar-refractivity contribution is 9.10. The molecule has 1 aliphatic heterocycles. The molecular weight excluding hydrogens is 315 g/mol. The van der Waals surface area contributed by atoms with Crippen LogP contribution < -0.4 is 0 Å². The van der Waals surface area contributed by atoms with Crippen LogP contribution in [0.2, 0.25) is 0 Å². The molecular formula is C12H10BrFN4O. The average molecular weight is 325 g/mol. The molecule has 0 radical (unpaired) electrons. The predicted molar refractivity (Wildman–Crippen MR) is 68.9 cm³/mol. The zero-order valence-electron chi connectivity index (χ0n) is 9.88. The molecule has 0 spiro atoms. The van der Waals surface area contributed by atoms with E-state index >= 15 is 0 Å². The lowest BCUT2D eigenvalue weighted by molar-refractivity contribution is 0.0702. The van der Waals surface area contributed by atoms with Crippen molar-refractivity contribution in [3.63, 3.8) is 0 Å². The van der Waals surface area contributed by atoms with Crippen molar-refractivity contribution in [2.24, 2.45) is 0 Å². The van der Waals surface area contributed by atoms with Crippen LogP contribution in [0.25, 0.3) is 0 Å². The Balaban J connectivity index is 1.87. The fourth-order valence-corrected chi connectivity index (χ4v) is 2.43. The van der Waals surface area contributed by atoms with Gasteiger partial charge in [0.05, 0.1) is 12.1 Å². The number of benzene rings is 1. The minimum Gasteiger partial charge on any atom is -0.329 e. The Morgan fingerprint density at radius 2 is 2.21 bits per heavy atom. The minimum absolute atomic E-state index is 0.0716. The number of aromatic nitrogens is 3. The van der Waals surface area contributed by atoms with Crippen molar-refractivity contribution in [1.29, 1.82) is 0 Å². The highest BCUT2D eigenvalue weighted by atomic mass is 79.9. The van der Waals surface area contributed by atoms with E-state index in [-0.39, 0.29) is 11.5 Å². The molecule has 2 heterocycles. The first-order chi connectivity index (χ1) is 9.15. The van der Waals surface area contributed by atoms with Gasteiger partial charge in [-0.25, -0.2) is 4.39 Å². The summed E-state index contributed by atoms with van der Waals surface area (Å²) in [5.41, 5.74) is 0.0716. The van der Waals surface area contributed by atoms with Gasteiger partial charge in [0.1, 0.15) is 12.1 Å². The summed E-state index contributed by atoms with van der Waals surface area (Å²) >= 11 is 3.24. The summed E-state index contributed by atoms with van der Waals surface area (Å²) in [5.74, 6) is -0.122. The maximum atomic E-state index is 13.7. The molecule has 0 saturated carbocycles. The molecule has 0 fully saturated rings. The summed E-state index contributed by atoms with van der Waals surface area (Å²) in [6.45, 7) is 1.50. The fourth-order valence-electron chi connectivity index (χ4n) is 2.07. The molecule has 1 amide bonds. The zero-order valence-corrected chi connectivity index (χ0v) is 11.5. The van der Waals surface area contributed by atoms with E-state index in [0.29, 0.717) is 24.1 Å². The van der Waals surface area contributed by atoms with Crippen molar-refractivity contribution >= 4 is 21.8 Å². The molecule has 19 heavy (non-hydrogen) atoms. The number of fused-ring (bicyclic) bond motifs is 1. The molecule has 2 aromatic rings. The van der Waals surface area contributed by atoms with Gasteiger partial charge >= 0.3 is 0 Å². The number of carbonyl (C=O) groups excluding carboxylic acids is 1. The van der Waals surface area contributed by atoms with Crippen molar-refractivity contribution in [3.8, 4) is 0 Å². The maximum Gasteiger partial charge on any atom is 0.257 e. The third-order valence-electron chi connectivity index (χ3n) is 3.08. The van der Waals surface area contributed by atoms with E-state index in [4.69, 9.17) is 0 Å². The lowest BCUT2D eigenvalue weighted by Gasteiger charge is -2.27. The smallest absolute Gasteiger partial charge is 0.257 e. The third-order valence-corrected chi connectivity index (χ3v) is 3.58. The van der Waals surface area contributed by atoms with Gasteiger partial charge in [-0.3, -0.25) is 4.79 Å². The third kappa shape index (κ3) is 2.25. The summed E-state index contributed by atoms with van der Waals surface area (Å²) in [7, 11) is 0. The molecule has 0 unspecified atom stereocenters. The first-order valence-electron chi connectivity index (χ1n) is 5.76. The van der Waals surface area contributed by atoms with Crippen LogP contribution in [0.4, 0.5) is 4.39 Å². The van der Waals surface area contributed by atoms with Crippen LogP contribution in [0.3, 0.4) is 0 Å². The summed E-state index contributed by atoms with van der Waals surface area (Å²) in [6.07, 6.45) is 1.64. The largest absolute Gasteiger partial charge is 0.329 e. The first-order valence-corrected chi connectivity index (χ1v) is 6.55. The Morgan fingerprint density at radius 1 is 1.37 bits per heavy atom. The molecule has 0 aliphatic carbocycles. The summed E-state index contributed by atoms with van der Waals surface area (Å²) < 4.78 is 16.3. The summed E-state index contributed by atoms with van der Waals surface area (Å²) in [6, 6.07) is 4.35. The quantitative estimate of drug-likeness (QED) is 0.804. The molecule has 7 heteroatoms. The van der Waals surface area contributed by atoms with Crippen molar-refractivity contribution in [2.45, 2.75) is 13.1 Å². The normalized spacial score (nSPS) is 14.3. The SMILES string of the molecule is O=C(c1cc(Br)ccc1F)N1CCn2cnnc2C1. The van der Waals surface area contributed by atoms with Crippen LogP contribution in [0, 0.1) is 5.82 Å². The number of hydrogen-bond donors (Lipinski definition) is 0. The summed E-state index contributed by atoms with van der Waals surface area (Å²) in [4.78, 5) is 13.9. The molecule has 0 saturated heterocycles. The standard InChI is InChI=1S/C12H10BrFN4O/c13-8-1-2-10(14)9(5-8)12(19)17-3-4-18-7-15-16-11(18)6-17/h1-2,5,7H,3-4,6H2. The molecule has 1 aromatic heterocycles. The Labute approximate surface area is 117 Å². The topological polar surface area (TPSA) is 51.0 Å². The van der Waals surface area contributed by atoms with Crippen molar-refractivity contribution in [2.75, 3.05) is 6.54 Å². The van der Waals surface area contributed by atoms with E-state index in [1.54, 1.807) is 17.3 Å². The number of halogens is 2. The predicted octanol–water partition coefficient (Wildman–Crippen LogP) is 1.84. The van der Waals surface area contributed by atoms with Crippen LogP contribution in [0.15, 0.2) is 29.0 Å². The molecule has 0 bridgehead atoms. The Hall–Kier alpha value is -1.76. The first kappa shape index (κ1) is 12.3. The lowest BCUT2D eigenvalue weighted by Crippen LogP contribution is -2.38. The molecule has 1 aliphatic rings. The average Bonchev–Trinajstić information content (AvgIpc) is 2.88. The van der Waals surface area contributed by atoms with Crippen LogP contribution >= 0.6 is 15.9 Å². The minimum atomic E-state index is -0.514. The Morgan fingerprint density at radius 3 is 3.05 bits per heavy atom. The lowest BCUT2D eigenvalue weighted by atomic mass is 10.1. The van der Waals surface area contributed by atoms with Crippen molar-refractivity contribution < 1.29 is 9.18 Å². The van der Waals surface area contributed by atoms with Crippen LogP contribution in [-0.4, -0.2) is 32.1 Å². The Bertz CT molecular complexity index is 642. The van der Waals surface area contributed by atoms with E-state index in [0.717, 1.165) is 5.82 Å². The second kappa shape index (κ2) is 4.73. The van der Waals surface area contributed by atoms with Gasteiger partial charge in [-0.2, -0.15) is 0 Å². The maximum absolute atomic E-state index is 13.7. The monoisotopic (exact) mass is 324 g/mol. The van der Waals surface area contributed by atoms with Crippen molar-refractivity contribution in [3.05, 3.63) is 46.2 Å². The van der Waals surface area contributed by atoms with E-state index < -0.39 is 5.82 Å². The number of nitrogens with zero attached hydrogens (tertiary/aromatic N) is 4. The number of amides is 1. The molecule has 5 nitrogen and oxygen atoms in total. The van der Waals surface area contributed by atoms with Gasteiger partial charge in [-0.15, -0.1) is 10.2 Å². The van der Waals surface area contributed by atoms with Gasteiger partial charge in [0.2, 0.25) is 0 Å². The van der Waals surface area contributed by atoms with Gasteiger partial charge in [0.15, 0.2) is 5.82 Å². The zero-order chi connectivity index (χ0) is 13.4. The van der Waals surface area contributed by atoms with Gasteiger partial charge in [-0.1, -0.05) is 15.9 Å². The van der Waals surface area contributed by atoms with E-state index in [2.05, 4.69) is 26.1 Å². The fraction of sp³-hybridized carbons (Fsp3) is 0.250. The van der Waals surface area contributed by atoms with Gasteiger partial charge in [0.25, 0.3) is 5.91 Å². The summed E-state index contributed by atoms with van der Waals surface area (Å²) in [5, 5.41) is 7.73. The van der Waals surface area contributed by atoms with Crippen LogP contribution in [0.1, 0.15) is 16.2 Å². The molecule has 98 valence electrons. The molecule has 3 rings (SSSR count). The number of hydrogen-bond acceptors (Lipinski definition) is 3. The van der Waals surface area contributed by atoms with E-state index in [1.807, 2.05) is 4.57 Å². The number of carbonyl (C=O) groups is 1. The van der Waals surface area contributed by atoms with Gasteiger partial charge < -0.3 is 9.47 Å². The Kier molecular flexibility index (Phi) is 3.06.